The van der Waals surface area contributed by atoms with Crippen molar-refractivity contribution in [1.82, 2.24) is 0 Å². The summed E-state index contributed by atoms with van der Waals surface area (Å²) in [6.45, 7) is 2.00. The third-order valence-electron chi connectivity index (χ3n) is 4.56. The Morgan fingerprint density at radius 2 is 1.59 bits per heavy atom. The maximum absolute atomic E-state index is 12.5. The van der Waals surface area contributed by atoms with Gasteiger partial charge in [0.2, 0.25) is 11.8 Å². The van der Waals surface area contributed by atoms with Gasteiger partial charge in [0.15, 0.2) is 6.61 Å². The second-order valence-electron chi connectivity index (χ2n) is 7.21. The first-order valence-electron chi connectivity index (χ1n) is 9.75. The van der Waals surface area contributed by atoms with Gasteiger partial charge in [0, 0.05) is 30.1 Å². The maximum Gasteiger partial charge on any atom is 0.338 e. The van der Waals surface area contributed by atoms with Gasteiger partial charge in [0.25, 0.3) is 11.8 Å². The second-order valence-corrected chi connectivity index (χ2v) is 8.32. The first-order chi connectivity index (χ1) is 15.1. The Balaban J connectivity index is 1.69. The van der Waals surface area contributed by atoms with Gasteiger partial charge in [-0.15, -0.1) is 11.3 Å². The monoisotopic (exact) mass is 458 g/mol. The number of primary amides is 1. The van der Waals surface area contributed by atoms with Crippen LogP contribution >= 0.6 is 11.3 Å². The van der Waals surface area contributed by atoms with E-state index in [-0.39, 0.29) is 28.8 Å². The first kappa shape index (κ1) is 22.9. The lowest BCUT2D eigenvalue weighted by molar-refractivity contribution is -0.119. The van der Waals surface area contributed by atoms with Crippen molar-refractivity contribution in [3.63, 3.8) is 0 Å². The Labute approximate surface area is 187 Å². The number of benzene rings is 1. The molecule has 0 saturated carbocycles. The number of anilines is 3. The molecule has 168 valence electrons. The summed E-state index contributed by atoms with van der Waals surface area (Å²) in [5, 5.41) is 8.00. The van der Waals surface area contributed by atoms with Gasteiger partial charge in [-0.1, -0.05) is 0 Å². The van der Waals surface area contributed by atoms with Gasteiger partial charge >= 0.3 is 5.97 Å². The Kier molecular flexibility index (Phi) is 6.89. The van der Waals surface area contributed by atoms with Crippen LogP contribution < -0.4 is 21.7 Å². The molecule has 1 aromatic heterocycles. The summed E-state index contributed by atoms with van der Waals surface area (Å²) in [6, 6.07) is 4.21. The summed E-state index contributed by atoms with van der Waals surface area (Å²) in [7, 11) is 0. The van der Waals surface area contributed by atoms with Crippen LogP contribution in [0.3, 0.4) is 0 Å². The van der Waals surface area contributed by atoms with Crippen LogP contribution in [0.25, 0.3) is 0 Å². The zero-order valence-electron chi connectivity index (χ0n) is 17.5. The van der Waals surface area contributed by atoms with Crippen LogP contribution in [0.1, 0.15) is 51.4 Å². The summed E-state index contributed by atoms with van der Waals surface area (Å²) >= 11 is 1.30. The average molecular weight is 458 g/mol. The molecule has 3 rings (SSSR count). The fraction of sp³-hybridized carbons (Fsp3) is 0.286. The molecular formula is C21H22N4O6S. The van der Waals surface area contributed by atoms with Gasteiger partial charge < -0.3 is 26.4 Å². The van der Waals surface area contributed by atoms with E-state index in [1.54, 1.807) is 0 Å². The van der Waals surface area contributed by atoms with Crippen molar-refractivity contribution in [3.05, 3.63) is 39.8 Å². The van der Waals surface area contributed by atoms with Crippen LogP contribution in [0.15, 0.2) is 18.2 Å². The predicted octanol–water partition coefficient (Wildman–Crippen LogP) is 2.05. The lowest BCUT2D eigenvalue weighted by Crippen LogP contribution is -2.23. The topological polar surface area (TPSA) is 157 Å². The Morgan fingerprint density at radius 3 is 2.16 bits per heavy atom. The molecule has 0 spiro atoms. The summed E-state index contributed by atoms with van der Waals surface area (Å²) in [5.41, 5.74) is 7.24. The third-order valence-corrected chi connectivity index (χ3v) is 5.77. The van der Waals surface area contributed by atoms with Crippen molar-refractivity contribution in [2.24, 2.45) is 5.73 Å². The number of rotatable bonds is 7. The number of thiophene rings is 1. The van der Waals surface area contributed by atoms with Crippen molar-refractivity contribution in [2.75, 3.05) is 22.6 Å². The number of carbonyl (C=O) groups excluding carboxylic acids is 5. The van der Waals surface area contributed by atoms with E-state index in [1.165, 1.54) is 43.4 Å². The SMILES string of the molecule is CC(=O)Nc1cc(NC(C)=O)cc(C(=O)OCC(=O)Nc2sc3c(c2C(N)=O)CCC3)c1. The van der Waals surface area contributed by atoms with E-state index >= 15 is 0 Å². The van der Waals surface area contributed by atoms with E-state index in [4.69, 9.17) is 10.5 Å². The summed E-state index contributed by atoms with van der Waals surface area (Å²) < 4.78 is 5.07. The van der Waals surface area contributed by atoms with E-state index in [1.807, 2.05) is 0 Å². The molecule has 4 amide bonds. The average Bonchev–Trinajstić information content (AvgIpc) is 3.25. The molecule has 0 atom stereocenters. The molecule has 5 N–H and O–H groups in total. The lowest BCUT2D eigenvalue weighted by atomic mass is 10.1. The molecule has 1 aliphatic rings. The van der Waals surface area contributed by atoms with Crippen LogP contribution in [-0.4, -0.2) is 36.2 Å². The third kappa shape index (κ3) is 5.49. The number of amides is 4. The molecule has 1 aliphatic carbocycles. The fourth-order valence-electron chi connectivity index (χ4n) is 3.43. The first-order valence-corrected chi connectivity index (χ1v) is 10.6. The number of hydrogen-bond acceptors (Lipinski definition) is 7. The van der Waals surface area contributed by atoms with Crippen LogP contribution in [0.5, 0.6) is 0 Å². The lowest BCUT2D eigenvalue weighted by Gasteiger charge is -2.11. The van der Waals surface area contributed by atoms with E-state index < -0.39 is 24.4 Å². The highest BCUT2D eigenvalue weighted by molar-refractivity contribution is 7.17. The van der Waals surface area contributed by atoms with Crippen molar-refractivity contribution >= 4 is 57.3 Å². The zero-order chi connectivity index (χ0) is 23.4. The Morgan fingerprint density at radius 1 is 0.969 bits per heavy atom. The molecule has 11 heteroatoms. The molecule has 0 saturated heterocycles. The molecule has 0 radical (unpaired) electrons. The van der Waals surface area contributed by atoms with E-state index in [0.717, 1.165) is 29.7 Å². The molecule has 0 unspecified atom stereocenters. The number of hydrogen-bond donors (Lipinski definition) is 4. The van der Waals surface area contributed by atoms with Crippen molar-refractivity contribution in [3.8, 4) is 0 Å². The molecule has 1 aromatic carbocycles. The van der Waals surface area contributed by atoms with Gasteiger partial charge in [-0.25, -0.2) is 4.79 Å². The highest BCUT2D eigenvalue weighted by Gasteiger charge is 2.26. The second kappa shape index (κ2) is 9.60. The zero-order valence-corrected chi connectivity index (χ0v) is 18.3. The Bertz CT molecular complexity index is 1090. The van der Waals surface area contributed by atoms with Crippen LogP contribution in [0.4, 0.5) is 16.4 Å². The minimum atomic E-state index is -0.831. The number of carbonyl (C=O) groups is 5. The molecule has 32 heavy (non-hydrogen) atoms. The van der Waals surface area contributed by atoms with Crippen LogP contribution in [-0.2, 0) is 32.0 Å². The molecule has 0 bridgehead atoms. The molecule has 10 nitrogen and oxygen atoms in total. The minimum Gasteiger partial charge on any atom is -0.452 e. The highest BCUT2D eigenvalue weighted by Crippen LogP contribution is 2.38. The molecule has 0 aliphatic heterocycles. The Hall–Kier alpha value is -3.73. The summed E-state index contributed by atoms with van der Waals surface area (Å²) in [4.78, 5) is 60.3. The number of ether oxygens (including phenoxy) is 1. The van der Waals surface area contributed by atoms with Crippen molar-refractivity contribution in [2.45, 2.75) is 33.1 Å². The van der Waals surface area contributed by atoms with E-state index in [9.17, 15) is 24.0 Å². The molecule has 0 fully saturated rings. The predicted molar refractivity (Wildman–Crippen MR) is 119 cm³/mol. The van der Waals surface area contributed by atoms with Gasteiger partial charge in [-0.2, -0.15) is 0 Å². The van der Waals surface area contributed by atoms with Crippen LogP contribution in [0.2, 0.25) is 0 Å². The van der Waals surface area contributed by atoms with Gasteiger partial charge in [0.1, 0.15) is 5.00 Å². The summed E-state index contributed by atoms with van der Waals surface area (Å²) in [5.74, 6) is -2.80. The largest absolute Gasteiger partial charge is 0.452 e. The molecule has 1 heterocycles. The van der Waals surface area contributed by atoms with Gasteiger partial charge in [-0.05, 0) is 43.0 Å². The maximum atomic E-state index is 12.5. The minimum absolute atomic E-state index is 0.0284. The molecular weight excluding hydrogens is 436 g/mol. The highest BCUT2D eigenvalue weighted by atomic mass is 32.1. The number of nitrogens with one attached hydrogen (secondary N) is 3. The number of fused-ring (bicyclic) bond motifs is 1. The smallest absolute Gasteiger partial charge is 0.338 e. The number of esters is 1. The standard InChI is InChI=1S/C21H22N4O6S/c1-10(26)23-13-6-12(7-14(8-13)24-11(2)27)21(30)31-9-17(28)25-20-18(19(22)29)15-4-3-5-16(15)32-20/h6-8H,3-5,9H2,1-2H3,(H2,22,29)(H,23,26)(H,24,27)(H,25,28). The van der Waals surface area contributed by atoms with Gasteiger partial charge in [-0.3, -0.25) is 19.2 Å². The summed E-state index contributed by atoms with van der Waals surface area (Å²) in [6.07, 6.45) is 2.49. The normalized spacial score (nSPS) is 11.9. The van der Waals surface area contributed by atoms with Crippen molar-refractivity contribution < 1.29 is 28.7 Å². The number of nitrogens with two attached hydrogens (primary N) is 1. The van der Waals surface area contributed by atoms with Gasteiger partial charge in [0.05, 0.1) is 11.1 Å². The van der Waals surface area contributed by atoms with E-state index in [0.29, 0.717) is 10.6 Å². The fourth-order valence-corrected chi connectivity index (χ4v) is 4.74. The van der Waals surface area contributed by atoms with Crippen molar-refractivity contribution in [1.29, 1.82) is 0 Å². The van der Waals surface area contributed by atoms with Crippen LogP contribution in [0, 0.1) is 0 Å². The van der Waals surface area contributed by atoms with E-state index in [2.05, 4.69) is 16.0 Å². The number of aryl methyl sites for hydroxylation is 1. The molecule has 2 aromatic rings. The quantitative estimate of drug-likeness (QED) is 0.465.